The highest BCUT2D eigenvalue weighted by molar-refractivity contribution is 6.00. The highest BCUT2D eigenvalue weighted by Gasteiger charge is 2.45. The number of benzene rings is 4. The third-order valence-corrected chi connectivity index (χ3v) is 14.2. The van der Waals surface area contributed by atoms with Crippen molar-refractivity contribution >= 4 is 41.4 Å². The molecule has 9 atom stereocenters. The van der Waals surface area contributed by atoms with Gasteiger partial charge in [-0.15, -0.1) is 0 Å². The molecule has 76 heavy (non-hydrogen) atoms. The second-order valence-corrected chi connectivity index (χ2v) is 20.0. The first-order valence-electron chi connectivity index (χ1n) is 26.4. The first-order chi connectivity index (χ1) is 36.5. The summed E-state index contributed by atoms with van der Waals surface area (Å²) in [6, 6.07) is 20.7. The first-order valence-corrected chi connectivity index (χ1v) is 26.4. The molecule has 3 saturated heterocycles. The van der Waals surface area contributed by atoms with E-state index in [0.29, 0.717) is 18.6 Å². The normalized spacial score (nSPS) is 23.9. The van der Waals surface area contributed by atoms with Crippen molar-refractivity contribution in [2.24, 2.45) is 0 Å². The molecule has 0 saturated carbocycles. The Bertz CT molecular complexity index is 2650. The van der Waals surface area contributed by atoms with Crippen molar-refractivity contribution in [1.29, 1.82) is 0 Å². The summed E-state index contributed by atoms with van der Waals surface area (Å²) >= 11 is 0. The highest BCUT2D eigenvalue weighted by Crippen LogP contribution is 2.28. The van der Waals surface area contributed by atoms with E-state index in [2.05, 4.69) is 33.5 Å². The van der Waals surface area contributed by atoms with Crippen molar-refractivity contribution in [3.63, 3.8) is 0 Å². The predicted octanol–water partition coefficient (Wildman–Crippen LogP) is 3.11. The maximum atomic E-state index is 14.4. The lowest BCUT2D eigenvalue weighted by molar-refractivity contribution is -0.145. The van der Waals surface area contributed by atoms with Crippen molar-refractivity contribution in [2.45, 2.75) is 140 Å². The molecule has 7 amide bonds. The molecular weight excluding hydrogens is 975 g/mol. The summed E-state index contributed by atoms with van der Waals surface area (Å²) in [6.07, 6.45) is -0.225. The monoisotopic (exact) mass is 1050 g/mol. The van der Waals surface area contributed by atoms with E-state index in [9.17, 15) is 54.0 Å². The van der Waals surface area contributed by atoms with Gasteiger partial charge in [0, 0.05) is 31.6 Å². The molecule has 0 radical (unpaired) electrons. The van der Waals surface area contributed by atoms with Gasteiger partial charge in [0.15, 0.2) is 0 Å². The molecule has 406 valence electrons. The van der Waals surface area contributed by atoms with Gasteiger partial charge in [0.2, 0.25) is 35.4 Å². The van der Waals surface area contributed by atoms with E-state index < -0.39 is 95.9 Å². The summed E-state index contributed by atoms with van der Waals surface area (Å²) < 4.78 is 5.86. The minimum atomic E-state index is -1.67. The Hall–Kier alpha value is -7.35. The van der Waals surface area contributed by atoms with Crippen molar-refractivity contribution in [3.05, 3.63) is 108 Å². The average molecular weight is 1050 g/mol. The zero-order valence-electron chi connectivity index (χ0n) is 43.3. The fourth-order valence-electron chi connectivity index (χ4n) is 9.86. The minimum Gasteiger partial charge on any atom is -0.508 e. The number of nitrogens with one attached hydrogen (secondary N) is 5. The van der Waals surface area contributed by atoms with Crippen molar-refractivity contribution < 1.29 is 58.7 Å². The summed E-state index contributed by atoms with van der Waals surface area (Å²) in [4.78, 5) is 101. The molecule has 9 N–H and O–H groups in total. The Morgan fingerprint density at radius 3 is 1.87 bits per heavy atom. The Morgan fingerprint density at radius 2 is 1.26 bits per heavy atom. The number of aryl methyl sites for hydroxylation is 1. The molecule has 0 aliphatic carbocycles. The van der Waals surface area contributed by atoms with Gasteiger partial charge in [-0.2, -0.15) is 0 Å². The number of rotatable bonds is 14. The van der Waals surface area contributed by atoms with Crippen LogP contribution in [0, 0.1) is 0 Å². The molecule has 0 bridgehead atoms. The van der Waals surface area contributed by atoms with Gasteiger partial charge in [0.05, 0.1) is 24.9 Å². The predicted molar refractivity (Wildman–Crippen MR) is 282 cm³/mol. The standard InChI is InChI=1S/C57H71N7O12/c1-4-5-6-31-76-44-26-22-40(23-27-44)38-16-14-37(15-17-38)39-18-20-41(21-19-39)51(69)59-45-9-7-29-58-54(72)47-10-8-30-63(47)56(74)49(34(2)65)61-53(71)46(28-13-36-11-24-42(67)25-12-36)60-55(73)48-32-43(68)33-64(48)57(75)50(35(3)66)62-52(45)70/h11-12,14-27,34-35,43,45-50,65-68H,4-10,13,28-33H2,1-3H3,(H,58,72)(H,59,69)(H,60,73)(H,61,71)(H,62,70)/t34-,35-,43-,45+,46+,47+,48+,49+,50+/m1/s1. The number of nitrogens with zero attached hydrogens (tertiary/aromatic N) is 2. The van der Waals surface area contributed by atoms with Crippen LogP contribution in [0.5, 0.6) is 11.5 Å². The quantitative estimate of drug-likeness (QED) is 0.0825. The van der Waals surface area contributed by atoms with Crippen LogP contribution < -0.4 is 31.3 Å². The summed E-state index contributed by atoms with van der Waals surface area (Å²) in [5, 5.41) is 56.0. The molecule has 0 aromatic heterocycles. The van der Waals surface area contributed by atoms with Crippen LogP contribution in [0.4, 0.5) is 0 Å². The van der Waals surface area contributed by atoms with Crippen LogP contribution in [0.1, 0.15) is 94.5 Å². The van der Waals surface area contributed by atoms with Gasteiger partial charge in [-0.1, -0.05) is 80.4 Å². The van der Waals surface area contributed by atoms with Crippen LogP contribution in [-0.4, -0.2) is 152 Å². The number of carbonyl (C=O) groups is 7. The van der Waals surface area contributed by atoms with Crippen LogP contribution >= 0.6 is 0 Å². The van der Waals surface area contributed by atoms with Crippen molar-refractivity contribution in [3.8, 4) is 33.8 Å². The second kappa shape index (κ2) is 26.4. The number of amides is 7. The van der Waals surface area contributed by atoms with Crippen LogP contribution in [0.15, 0.2) is 97.1 Å². The number of hydrogen-bond acceptors (Lipinski definition) is 12. The summed E-state index contributed by atoms with van der Waals surface area (Å²) in [7, 11) is 0. The van der Waals surface area contributed by atoms with Gasteiger partial charge in [-0.05, 0) is 123 Å². The molecular formula is C57H71N7O12. The molecule has 3 aliphatic rings. The number of hydrogen-bond donors (Lipinski definition) is 9. The molecule has 7 rings (SSSR count). The van der Waals surface area contributed by atoms with E-state index in [1.165, 1.54) is 30.9 Å². The van der Waals surface area contributed by atoms with Crippen molar-refractivity contribution in [2.75, 3.05) is 26.2 Å². The third-order valence-electron chi connectivity index (χ3n) is 14.2. The molecule has 19 heteroatoms. The van der Waals surface area contributed by atoms with E-state index in [-0.39, 0.29) is 69.5 Å². The maximum absolute atomic E-state index is 14.4. The fourth-order valence-corrected chi connectivity index (χ4v) is 9.86. The number of aromatic hydroxyl groups is 1. The molecule has 3 aliphatic heterocycles. The Balaban J connectivity index is 1.10. The van der Waals surface area contributed by atoms with Gasteiger partial charge in [-0.25, -0.2) is 0 Å². The largest absolute Gasteiger partial charge is 0.508 e. The van der Waals surface area contributed by atoms with Gasteiger partial charge in [-0.3, -0.25) is 33.6 Å². The second-order valence-electron chi connectivity index (χ2n) is 20.0. The first kappa shape index (κ1) is 56.4. The van der Waals surface area contributed by atoms with Crippen LogP contribution in [0.25, 0.3) is 22.3 Å². The van der Waals surface area contributed by atoms with Crippen molar-refractivity contribution in [1.82, 2.24) is 36.4 Å². The number of phenolic OH excluding ortho intramolecular Hbond substituents is 1. The summed E-state index contributed by atoms with van der Waals surface area (Å²) in [5.41, 5.74) is 4.70. The van der Waals surface area contributed by atoms with Gasteiger partial charge >= 0.3 is 0 Å². The molecule has 3 heterocycles. The number of fused-ring (bicyclic) bond motifs is 2. The minimum absolute atomic E-state index is 0.00250. The number of unbranched alkanes of at least 4 members (excludes halogenated alkanes) is 2. The zero-order chi connectivity index (χ0) is 54.5. The zero-order valence-corrected chi connectivity index (χ0v) is 43.3. The Kier molecular flexibility index (Phi) is 19.6. The number of aliphatic hydroxyl groups is 3. The fraction of sp³-hybridized carbons (Fsp3) is 0.456. The molecule has 4 aromatic rings. The molecule has 19 nitrogen and oxygen atoms in total. The lowest BCUT2D eigenvalue weighted by Gasteiger charge is -2.32. The Labute approximate surface area is 442 Å². The Morgan fingerprint density at radius 1 is 0.684 bits per heavy atom. The number of carbonyl (C=O) groups excluding carboxylic acids is 7. The molecule has 0 spiro atoms. The number of phenols is 1. The van der Waals surface area contributed by atoms with E-state index >= 15 is 0 Å². The van der Waals surface area contributed by atoms with E-state index in [1.807, 2.05) is 48.5 Å². The van der Waals surface area contributed by atoms with E-state index in [1.54, 1.807) is 36.4 Å². The number of ether oxygens (including phenoxy) is 1. The van der Waals surface area contributed by atoms with Crippen LogP contribution in [-0.2, 0) is 35.2 Å². The average Bonchev–Trinajstić information content (AvgIpc) is 4.08. The summed E-state index contributed by atoms with van der Waals surface area (Å²) in [5.74, 6) is -4.48. The smallest absolute Gasteiger partial charge is 0.251 e. The van der Waals surface area contributed by atoms with E-state index in [0.717, 1.165) is 52.2 Å². The van der Waals surface area contributed by atoms with Gasteiger partial charge in [0.25, 0.3) is 5.91 Å². The van der Waals surface area contributed by atoms with Gasteiger partial charge in [0.1, 0.15) is 47.8 Å². The SMILES string of the molecule is CCCCCOc1ccc(-c2ccc(-c3ccc(C(=O)N[C@H]4CCCNC(=O)[C@@H]5CCCN5C(=O)[C@H]([C@@H](C)O)NC(=O)[C@H](CCc5ccc(O)cc5)NC(=O)[C@@H]5C[C@@H](O)CN5C(=O)[C@H]([C@@H](C)O)NC4=O)cc3)cc2)cc1. The van der Waals surface area contributed by atoms with Crippen LogP contribution in [0.3, 0.4) is 0 Å². The molecule has 0 unspecified atom stereocenters. The molecule has 3 fully saturated rings. The molecule has 4 aromatic carbocycles. The summed E-state index contributed by atoms with van der Waals surface area (Å²) in [6.45, 7) is 5.21. The maximum Gasteiger partial charge on any atom is 0.251 e. The van der Waals surface area contributed by atoms with Gasteiger partial charge < -0.3 is 61.5 Å². The number of aliphatic hydroxyl groups excluding tert-OH is 3. The van der Waals surface area contributed by atoms with E-state index in [4.69, 9.17) is 4.74 Å². The van der Waals surface area contributed by atoms with Crippen LogP contribution in [0.2, 0.25) is 0 Å². The topological polar surface area (TPSA) is 276 Å². The lowest BCUT2D eigenvalue weighted by Crippen LogP contribution is -2.61. The lowest BCUT2D eigenvalue weighted by atomic mass is 9.99. The third kappa shape index (κ3) is 14.5. The highest BCUT2D eigenvalue weighted by atomic mass is 16.5.